The zero-order valence-corrected chi connectivity index (χ0v) is 13.9. The number of hydrogen-bond acceptors (Lipinski definition) is 4. The van der Waals surface area contributed by atoms with Crippen LogP contribution in [0.1, 0.15) is 11.6 Å². The maximum Gasteiger partial charge on any atom is 0.225 e. The first kappa shape index (κ1) is 17.2. The number of anilines is 1. The van der Waals surface area contributed by atoms with E-state index in [9.17, 15) is 8.42 Å². The third-order valence-electron chi connectivity index (χ3n) is 3.06. The smallest absolute Gasteiger partial charge is 0.225 e. The third kappa shape index (κ3) is 4.94. The molecule has 0 aromatic heterocycles. The van der Waals surface area contributed by atoms with Crippen LogP contribution in [-0.4, -0.2) is 53.3 Å². The highest BCUT2D eigenvalue weighted by Crippen LogP contribution is 2.21. The van der Waals surface area contributed by atoms with Crippen LogP contribution in [0.25, 0.3) is 0 Å². The summed E-state index contributed by atoms with van der Waals surface area (Å²) in [4.78, 5) is 3.99. The number of rotatable bonds is 7. The van der Waals surface area contributed by atoms with E-state index in [0.717, 1.165) is 11.3 Å². The Morgan fingerprint density at radius 3 is 2.10 bits per heavy atom. The lowest BCUT2D eigenvalue weighted by atomic mass is 10.1. The van der Waals surface area contributed by atoms with Crippen molar-refractivity contribution in [1.82, 2.24) is 9.62 Å². The molecule has 0 spiro atoms. The second-order valence-electron chi connectivity index (χ2n) is 5.04. The minimum atomic E-state index is -3.40. The molecule has 7 heteroatoms. The van der Waals surface area contributed by atoms with Crippen LogP contribution in [0.4, 0.5) is 5.69 Å². The topological polar surface area (TPSA) is 52.7 Å². The largest absolute Gasteiger partial charge is 0.378 e. The van der Waals surface area contributed by atoms with Gasteiger partial charge in [0.05, 0.1) is 0 Å². The molecule has 1 rings (SSSR count). The lowest BCUT2D eigenvalue weighted by molar-refractivity contribution is 0.299. The lowest BCUT2D eigenvalue weighted by Crippen LogP contribution is -2.35. The standard InChI is InChI=1S/C13H22ClN3O2S/c1-16(2)12-7-5-11(6-8-12)13(17(3)4)9-15-20(18,19)10-14/h5-8,13,15H,9-10H2,1-4H3. The normalized spacial score (nSPS) is 13.5. The molecule has 0 saturated carbocycles. The first-order valence-corrected chi connectivity index (χ1v) is 8.42. The average Bonchev–Trinajstić information content (AvgIpc) is 2.39. The van der Waals surface area contributed by atoms with E-state index < -0.39 is 15.2 Å². The minimum absolute atomic E-state index is 0.0378. The maximum absolute atomic E-state index is 11.4. The molecule has 0 fully saturated rings. The quantitative estimate of drug-likeness (QED) is 0.773. The van der Waals surface area contributed by atoms with Crippen molar-refractivity contribution in [3.8, 4) is 0 Å². The predicted molar refractivity (Wildman–Crippen MR) is 84.8 cm³/mol. The fourth-order valence-corrected chi connectivity index (χ4v) is 2.56. The number of nitrogens with one attached hydrogen (secondary N) is 1. The Hall–Kier alpha value is -0.820. The molecule has 0 aliphatic heterocycles. The van der Waals surface area contributed by atoms with Crippen LogP contribution >= 0.6 is 11.6 Å². The molecule has 1 aromatic rings. The van der Waals surface area contributed by atoms with Gasteiger partial charge in [-0.2, -0.15) is 0 Å². The van der Waals surface area contributed by atoms with Crippen LogP contribution in [-0.2, 0) is 10.0 Å². The van der Waals surface area contributed by atoms with Crippen LogP contribution in [0.5, 0.6) is 0 Å². The molecule has 114 valence electrons. The van der Waals surface area contributed by atoms with E-state index in [1.54, 1.807) is 0 Å². The molecule has 0 saturated heterocycles. The summed E-state index contributed by atoms with van der Waals surface area (Å²) in [6.45, 7) is 0.295. The minimum Gasteiger partial charge on any atom is -0.378 e. The predicted octanol–water partition coefficient (Wildman–Crippen LogP) is 1.47. The highest BCUT2D eigenvalue weighted by Gasteiger charge is 2.17. The van der Waals surface area contributed by atoms with Crippen molar-refractivity contribution in [2.75, 3.05) is 44.8 Å². The molecule has 1 N–H and O–H groups in total. The van der Waals surface area contributed by atoms with Gasteiger partial charge in [-0.3, -0.25) is 0 Å². The number of halogens is 1. The Morgan fingerprint density at radius 2 is 1.70 bits per heavy atom. The van der Waals surface area contributed by atoms with Crippen molar-refractivity contribution in [3.05, 3.63) is 29.8 Å². The second kappa shape index (κ2) is 7.26. The lowest BCUT2D eigenvalue weighted by Gasteiger charge is -2.25. The molecular formula is C13H22ClN3O2S. The molecule has 1 unspecified atom stereocenters. The van der Waals surface area contributed by atoms with Gasteiger partial charge in [-0.05, 0) is 31.8 Å². The summed E-state index contributed by atoms with van der Waals surface area (Å²) in [7, 11) is 4.39. The zero-order chi connectivity index (χ0) is 15.3. The van der Waals surface area contributed by atoms with Crippen LogP contribution in [0.2, 0.25) is 0 Å². The van der Waals surface area contributed by atoms with Gasteiger partial charge in [0.1, 0.15) is 5.21 Å². The van der Waals surface area contributed by atoms with Gasteiger partial charge in [0, 0.05) is 32.4 Å². The van der Waals surface area contributed by atoms with Gasteiger partial charge in [0.15, 0.2) is 0 Å². The number of hydrogen-bond donors (Lipinski definition) is 1. The Morgan fingerprint density at radius 1 is 1.15 bits per heavy atom. The van der Waals surface area contributed by atoms with Crippen LogP contribution in [0.15, 0.2) is 24.3 Å². The fourth-order valence-electron chi connectivity index (χ4n) is 1.84. The van der Waals surface area contributed by atoms with Crippen molar-refractivity contribution in [1.29, 1.82) is 0 Å². The SMILES string of the molecule is CN(C)c1ccc(C(CNS(=O)(=O)CCl)N(C)C)cc1. The summed E-state index contributed by atoms with van der Waals surface area (Å²) < 4.78 is 25.4. The Balaban J connectivity index is 2.86. The maximum atomic E-state index is 11.4. The Labute approximate surface area is 126 Å². The summed E-state index contributed by atoms with van der Waals surface area (Å²) in [6.07, 6.45) is 0. The van der Waals surface area contributed by atoms with Crippen molar-refractivity contribution in [3.63, 3.8) is 0 Å². The van der Waals surface area contributed by atoms with Crippen molar-refractivity contribution in [2.45, 2.75) is 6.04 Å². The fraction of sp³-hybridized carbons (Fsp3) is 0.538. The molecule has 20 heavy (non-hydrogen) atoms. The molecule has 0 radical (unpaired) electrons. The summed E-state index contributed by atoms with van der Waals surface area (Å²) in [6, 6.07) is 8.01. The van der Waals surface area contributed by atoms with Crippen LogP contribution in [0.3, 0.4) is 0 Å². The summed E-state index contributed by atoms with van der Waals surface area (Å²) in [5.41, 5.74) is 2.16. The van der Waals surface area contributed by atoms with Gasteiger partial charge in [0.2, 0.25) is 10.0 Å². The van der Waals surface area contributed by atoms with Crippen molar-refractivity contribution < 1.29 is 8.42 Å². The average molecular weight is 320 g/mol. The van der Waals surface area contributed by atoms with E-state index in [-0.39, 0.29) is 6.04 Å². The van der Waals surface area contributed by atoms with E-state index in [1.807, 2.05) is 62.3 Å². The summed E-state index contributed by atoms with van der Waals surface area (Å²) in [5, 5.41) is -0.424. The van der Waals surface area contributed by atoms with E-state index >= 15 is 0 Å². The van der Waals surface area contributed by atoms with Crippen molar-refractivity contribution >= 4 is 27.3 Å². The van der Waals surface area contributed by atoms with E-state index in [2.05, 4.69) is 4.72 Å². The molecule has 1 atom stereocenters. The van der Waals surface area contributed by atoms with E-state index in [1.165, 1.54) is 0 Å². The Bertz CT molecular complexity index is 515. The number of likely N-dealkylation sites (N-methyl/N-ethyl adjacent to an activating group) is 1. The monoisotopic (exact) mass is 319 g/mol. The van der Waals surface area contributed by atoms with Gasteiger partial charge < -0.3 is 9.80 Å². The molecule has 0 heterocycles. The number of alkyl halides is 1. The van der Waals surface area contributed by atoms with Gasteiger partial charge >= 0.3 is 0 Å². The van der Waals surface area contributed by atoms with E-state index in [4.69, 9.17) is 11.6 Å². The van der Waals surface area contributed by atoms with Crippen molar-refractivity contribution in [2.24, 2.45) is 0 Å². The van der Waals surface area contributed by atoms with Crippen LogP contribution < -0.4 is 9.62 Å². The van der Waals surface area contributed by atoms with Gasteiger partial charge in [-0.15, -0.1) is 11.6 Å². The zero-order valence-electron chi connectivity index (χ0n) is 12.3. The number of nitrogens with zero attached hydrogens (tertiary/aromatic N) is 2. The second-order valence-corrected chi connectivity index (χ2v) is 7.43. The third-order valence-corrected chi connectivity index (χ3v) is 4.81. The summed E-state index contributed by atoms with van der Waals surface area (Å²) in [5.74, 6) is 0. The molecule has 0 aliphatic carbocycles. The molecular weight excluding hydrogens is 298 g/mol. The molecule has 1 aromatic carbocycles. The summed E-state index contributed by atoms with van der Waals surface area (Å²) >= 11 is 5.39. The van der Waals surface area contributed by atoms with Gasteiger partial charge in [0.25, 0.3) is 0 Å². The van der Waals surface area contributed by atoms with E-state index in [0.29, 0.717) is 6.54 Å². The highest BCUT2D eigenvalue weighted by molar-refractivity contribution is 7.90. The molecule has 5 nitrogen and oxygen atoms in total. The van der Waals surface area contributed by atoms with Gasteiger partial charge in [-0.25, -0.2) is 13.1 Å². The first-order chi connectivity index (χ1) is 9.26. The van der Waals surface area contributed by atoms with Crippen LogP contribution in [0, 0.1) is 0 Å². The molecule has 0 bridgehead atoms. The van der Waals surface area contributed by atoms with Gasteiger partial charge in [-0.1, -0.05) is 12.1 Å². The molecule has 0 amide bonds. The number of sulfonamides is 1. The molecule has 0 aliphatic rings. The first-order valence-electron chi connectivity index (χ1n) is 6.24. The number of benzene rings is 1. The highest BCUT2D eigenvalue weighted by atomic mass is 35.5. The Kier molecular flexibility index (Phi) is 6.26.